The van der Waals surface area contributed by atoms with Gasteiger partial charge in [-0.05, 0) is 55.4 Å². The summed E-state index contributed by atoms with van der Waals surface area (Å²) in [6, 6.07) is 6.23. The molecule has 1 spiro atoms. The Labute approximate surface area is 229 Å². The molecule has 38 heavy (non-hydrogen) atoms. The molecule has 8 heteroatoms. The van der Waals surface area contributed by atoms with Crippen LogP contribution < -0.4 is 10.6 Å². The predicted molar refractivity (Wildman–Crippen MR) is 145 cm³/mol. The number of halogens is 1. The molecule has 3 heterocycles. The van der Waals surface area contributed by atoms with Crippen molar-refractivity contribution in [3.05, 3.63) is 41.4 Å². The summed E-state index contributed by atoms with van der Waals surface area (Å²) in [5.74, 6) is -1.23. The fourth-order valence-electron chi connectivity index (χ4n) is 7.80. The number of hydrogen-bond acceptors (Lipinski definition) is 4. The van der Waals surface area contributed by atoms with Crippen LogP contribution in [0.25, 0.3) is 0 Å². The van der Waals surface area contributed by atoms with E-state index in [1.54, 1.807) is 24.3 Å². The number of amides is 3. The van der Waals surface area contributed by atoms with Crippen molar-refractivity contribution in [2.45, 2.75) is 95.0 Å². The second-order valence-corrected chi connectivity index (χ2v) is 12.6. The Morgan fingerprint density at radius 3 is 2.47 bits per heavy atom. The largest absolute Gasteiger partial charge is 0.359 e. The SMILES string of the molecule is C[C@@H]1[C@H](C)CCC[C@@H]1N1C(=O)[C@@H]2[C@H](C(=O)Nc3ccc(Cl)cc3)[C@@H]3C=C[C@@]2(O3)[C@@H]1C(=O)NC1CCCCC1. The van der Waals surface area contributed by atoms with Gasteiger partial charge in [0.1, 0.15) is 11.6 Å². The molecule has 2 bridgehead atoms. The van der Waals surface area contributed by atoms with Crippen molar-refractivity contribution >= 4 is 35.0 Å². The Hall–Kier alpha value is -2.38. The Morgan fingerprint density at radius 1 is 1.00 bits per heavy atom. The quantitative estimate of drug-likeness (QED) is 0.531. The van der Waals surface area contributed by atoms with Crippen LogP contribution in [0.2, 0.25) is 5.02 Å². The standard InChI is InChI=1S/C30H38ClN3O4/c1-17-7-6-10-22(18(17)2)34-26(28(36)33-20-8-4-3-5-9-20)30-16-15-23(38-30)24(25(30)29(34)37)27(35)32-21-13-11-19(31)12-14-21/h11-18,20,22-26H,3-10H2,1-2H3,(H,32,35)(H,33,36)/t17-,18-,22+,23+,24-,25+,26+,30+/m1/s1. The first-order valence-corrected chi connectivity index (χ1v) is 14.7. The van der Waals surface area contributed by atoms with Crippen LogP contribution in [0.4, 0.5) is 5.69 Å². The molecule has 3 aliphatic heterocycles. The molecule has 0 aromatic heterocycles. The van der Waals surface area contributed by atoms with Gasteiger partial charge >= 0.3 is 0 Å². The van der Waals surface area contributed by atoms with E-state index in [0.717, 1.165) is 44.9 Å². The summed E-state index contributed by atoms with van der Waals surface area (Å²) in [5.41, 5.74) is -0.507. The number of fused-ring (bicyclic) bond motifs is 1. The zero-order chi connectivity index (χ0) is 26.6. The van der Waals surface area contributed by atoms with Crippen LogP contribution >= 0.6 is 11.6 Å². The van der Waals surface area contributed by atoms with E-state index in [4.69, 9.17) is 16.3 Å². The molecule has 2 N–H and O–H groups in total. The second-order valence-electron chi connectivity index (χ2n) is 12.1. The maximum Gasteiger partial charge on any atom is 0.246 e. The van der Waals surface area contributed by atoms with Crippen LogP contribution in [0.5, 0.6) is 0 Å². The molecule has 204 valence electrons. The minimum Gasteiger partial charge on any atom is -0.359 e. The van der Waals surface area contributed by atoms with Crippen molar-refractivity contribution in [1.82, 2.24) is 10.2 Å². The van der Waals surface area contributed by atoms with Crippen LogP contribution in [0.15, 0.2) is 36.4 Å². The molecule has 5 aliphatic rings. The summed E-state index contributed by atoms with van der Waals surface area (Å²) in [4.78, 5) is 44.0. The Morgan fingerprint density at radius 2 is 1.74 bits per heavy atom. The summed E-state index contributed by atoms with van der Waals surface area (Å²) in [6.07, 6.45) is 11.6. The third-order valence-corrected chi connectivity index (χ3v) is 10.2. The zero-order valence-electron chi connectivity index (χ0n) is 22.2. The maximum absolute atomic E-state index is 14.4. The van der Waals surface area contributed by atoms with E-state index >= 15 is 0 Å². The lowest BCUT2D eigenvalue weighted by atomic mass is 9.74. The molecule has 2 aliphatic carbocycles. The van der Waals surface area contributed by atoms with Crippen LogP contribution in [-0.2, 0) is 19.1 Å². The van der Waals surface area contributed by atoms with Crippen LogP contribution in [0.1, 0.15) is 65.2 Å². The van der Waals surface area contributed by atoms with Gasteiger partial charge in [0.25, 0.3) is 0 Å². The van der Waals surface area contributed by atoms with Gasteiger partial charge in [-0.15, -0.1) is 0 Å². The number of nitrogens with one attached hydrogen (secondary N) is 2. The Bertz CT molecular complexity index is 1130. The number of hydrogen-bond donors (Lipinski definition) is 2. The number of nitrogens with zero attached hydrogens (tertiary/aromatic N) is 1. The predicted octanol–water partition coefficient (Wildman–Crippen LogP) is 4.70. The lowest BCUT2D eigenvalue weighted by Crippen LogP contribution is -2.60. The van der Waals surface area contributed by atoms with E-state index in [1.807, 2.05) is 17.1 Å². The van der Waals surface area contributed by atoms with Gasteiger partial charge in [-0.3, -0.25) is 14.4 Å². The highest BCUT2D eigenvalue weighted by Gasteiger charge is 2.73. The third-order valence-electron chi connectivity index (χ3n) is 9.95. The first-order valence-electron chi connectivity index (χ1n) is 14.4. The van der Waals surface area contributed by atoms with Gasteiger partial charge in [0.2, 0.25) is 17.7 Å². The van der Waals surface area contributed by atoms with Gasteiger partial charge in [0.05, 0.1) is 17.9 Å². The van der Waals surface area contributed by atoms with E-state index in [9.17, 15) is 14.4 Å². The first kappa shape index (κ1) is 25.9. The molecular weight excluding hydrogens is 502 g/mol. The number of likely N-dealkylation sites (tertiary alicyclic amines) is 1. The summed E-state index contributed by atoms with van der Waals surface area (Å²) in [7, 11) is 0. The van der Waals surface area contributed by atoms with E-state index in [2.05, 4.69) is 24.5 Å². The average Bonchev–Trinajstić information content (AvgIpc) is 3.55. The number of carbonyl (C=O) groups excluding carboxylic acids is 3. The average molecular weight is 540 g/mol. The van der Waals surface area contributed by atoms with Crippen molar-refractivity contribution in [3.8, 4) is 0 Å². The van der Waals surface area contributed by atoms with E-state index in [-0.39, 0.29) is 35.7 Å². The van der Waals surface area contributed by atoms with E-state index in [0.29, 0.717) is 16.6 Å². The molecule has 2 saturated heterocycles. The highest BCUT2D eigenvalue weighted by Crippen LogP contribution is 2.56. The van der Waals surface area contributed by atoms with Gasteiger partial charge in [-0.1, -0.05) is 69.7 Å². The van der Waals surface area contributed by atoms with Gasteiger partial charge in [0.15, 0.2) is 0 Å². The number of carbonyl (C=O) groups is 3. The highest BCUT2D eigenvalue weighted by molar-refractivity contribution is 6.30. The van der Waals surface area contributed by atoms with Crippen molar-refractivity contribution in [1.29, 1.82) is 0 Å². The fraction of sp³-hybridized carbons (Fsp3) is 0.633. The molecule has 8 atom stereocenters. The first-order chi connectivity index (χ1) is 18.3. The molecule has 1 aromatic rings. The summed E-state index contributed by atoms with van der Waals surface area (Å²) >= 11 is 6.02. The van der Waals surface area contributed by atoms with E-state index < -0.39 is 29.6 Å². The maximum atomic E-state index is 14.4. The fourth-order valence-corrected chi connectivity index (χ4v) is 7.92. The number of rotatable bonds is 5. The van der Waals surface area contributed by atoms with Crippen molar-refractivity contribution in [3.63, 3.8) is 0 Å². The Kier molecular flexibility index (Phi) is 6.79. The van der Waals surface area contributed by atoms with Crippen LogP contribution in [0, 0.1) is 23.7 Å². The zero-order valence-corrected chi connectivity index (χ0v) is 23.0. The smallest absolute Gasteiger partial charge is 0.246 e. The lowest BCUT2D eigenvalue weighted by Gasteiger charge is -2.44. The van der Waals surface area contributed by atoms with Crippen molar-refractivity contribution in [2.75, 3.05) is 5.32 Å². The number of benzene rings is 1. The van der Waals surface area contributed by atoms with Crippen LogP contribution in [0.3, 0.4) is 0 Å². The van der Waals surface area contributed by atoms with Gasteiger partial charge in [0, 0.05) is 22.8 Å². The Balaban J connectivity index is 1.34. The molecule has 1 aromatic carbocycles. The molecule has 7 nitrogen and oxygen atoms in total. The number of anilines is 1. The summed E-state index contributed by atoms with van der Waals surface area (Å²) in [5, 5.41) is 6.84. The summed E-state index contributed by atoms with van der Waals surface area (Å²) in [6.45, 7) is 4.43. The van der Waals surface area contributed by atoms with Gasteiger partial charge in [-0.25, -0.2) is 0 Å². The minimum absolute atomic E-state index is 0.0515. The molecule has 4 fully saturated rings. The topological polar surface area (TPSA) is 87.7 Å². The van der Waals surface area contributed by atoms with Gasteiger partial charge in [-0.2, -0.15) is 0 Å². The minimum atomic E-state index is -1.12. The summed E-state index contributed by atoms with van der Waals surface area (Å²) < 4.78 is 6.53. The normalized spacial score (nSPS) is 38.3. The highest BCUT2D eigenvalue weighted by atomic mass is 35.5. The molecular formula is C30H38ClN3O4. The van der Waals surface area contributed by atoms with Crippen LogP contribution in [-0.4, -0.2) is 52.5 Å². The molecule has 0 unspecified atom stereocenters. The second kappa shape index (κ2) is 9.98. The van der Waals surface area contributed by atoms with Crippen molar-refractivity contribution < 1.29 is 19.1 Å². The monoisotopic (exact) mass is 539 g/mol. The number of ether oxygens (including phenoxy) is 1. The molecule has 6 rings (SSSR count). The van der Waals surface area contributed by atoms with E-state index in [1.165, 1.54) is 6.42 Å². The van der Waals surface area contributed by atoms with Gasteiger partial charge < -0.3 is 20.3 Å². The van der Waals surface area contributed by atoms with Crippen molar-refractivity contribution in [2.24, 2.45) is 23.7 Å². The molecule has 3 amide bonds. The molecule has 2 saturated carbocycles. The lowest BCUT2D eigenvalue weighted by molar-refractivity contribution is -0.146. The third kappa shape index (κ3) is 4.17. The molecule has 0 radical (unpaired) electrons.